The van der Waals surface area contributed by atoms with Crippen LogP contribution in [0.3, 0.4) is 0 Å². The summed E-state index contributed by atoms with van der Waals surface area (Å²) in [5.74, 6) is 1.34. The van der Waals surface area contributed by atoms with Gasteiger partial charge in [-0.15, -0.1) is 0 Å². The number of benzene rings is 1. The fraction of sp³-hybridized carbons (Fsp3) is 0.375. The predicted octanol–water partition coefficient (Wildman–Crippen LogP) is 4.78. The molecule has 0 spiro atoms. The Labute approximate surface area is 127 Å². The molecule has 0 aliphatic carbocycles. The van der Waals surface area contributed by atoms with E-state index < -0.39 is 0 Å². The first-order chi connectivity index (χ1) is 9.60. The number of furan rings is 1. The minimum atomic E-state index is -0.279. The van der Waals surface area contributed by atoms with Gasteiger partial charge in [0.25, 0.3) is 0 Å². The van der Waals surface area contributed by atoms with Gasteiger partial charge in [0.1, 0.15) is 17.3 Å². The average Bonchev–Trinajstić information content (AvgIpc) is 2.88. The number of halogens is 2. The highest BCUT2D eigenvalue weighted by atomic mass is 79.9. The third kappa shape index (κ3) is 3.93. The highest BCUT2D eigenvalue weighted by Gasteiger charge is 2.10. The van der Waals surface area contributed by atoms with Crippen LogP contribution in [0.25, 0.3) is 11.3 Å². The van der Waals surface area contributed by atoms with Gasteiger partial charge in [0, 0.05) is 18.0 Å². The maximum atomic E-state index is 13.5. The Hall–Kier alpha value is -1.13. The molecule has 0 saturated carbocycles. The molecule has 0 aliphatic heterocycles. The van der Waals surface area contributed by atoms with E-state index in [0.29, 0.717) is 16.3 Å². The molecule has 0 bridgehead atoms. The molecule has 2 aromatic rings. The zero-order valence-corrected chi connectivity index (χ0v) is 13.3. The molecule has 1 heterocycles. The number of nitrogens with one attached hydrogen (secondary N) is 1. The molecule has 1 aromatic carbocycles. The van der Waals surface area contributed by atoms with Gasteiger partial charge in [-0.3, -0.25) is 0 Å². The van der Waals surface area contributed by atoms with Crippen molar-refractivity contribution in [1.82, 2.24) is 5.32 Å². The van der Waals surface area contributed by atoms with E-state index in [4.69, 9.17) is 4.42 Å². The second-order valence-electron chi connectivity index (χ2n) is 4.95. The van der Waals surface area contributed by atoms with Crippen molar-refractivity contribution in [2.75, 3.05) is 6.54 Å². The van der Waals surface area contributed by atoms with Crippen molar-refractivity contribution in [2.24, 2.45) is 0 Å². The third-order valence-electron chi connectivity index (χ3n) is 3.12. The summed E-state index contributed by atoms with van der Waals surface area (Å²) in [7, 11) is 0. The predicted molar refractivity (Wildman–Crippen MR) is 83.3 cm³/mol. The zero-order chi connectivity index (χ0) is 14.5. The molecule has 1 atom stereocenters. The second-order valence-corrected chi connectivity index (χ2v) is 5.81. The van der Waals surface area contributed by atoms with Gasteiger partial charge >= 0.3 is 0 Å². The van der Waals surface area contributed by atoms with Gasteiger partial charge in [-0.1, -0.05) is 6.92 Å². The lowest BCUT2D eigenvalue weighted by atomic mass is 10.1. The molecule has 0 saturated heterocycles. The highest BCUT2D eigenvalue weighted by molar-refractivity contribution is 9.10. The Kier molecular flexibility index (Phi) is 5.38. The van der Waals surface area contributed by atoms with Gasteiger partial charge in [0.15, 0.2) is 0 Å². The van der Waals surface area contributed by atoms with E-state index in [0.717, 1.165) is 30.7 Å². The summed E-state index contributed by atoms with van der Waals surface area (Å²) in [5, 5.41) is 3.42. The van der Waals surface area contributed by atoms with Gasteiger partial charge in [-0.05, 0) is 66.2 Å². The minimum absolute atomic E-state index is 0.279. The topological polar surface area (TPSA) is 25.2 Å². The summed E-state index contributed by atoms with van der Waals surface area (Å²) < 4.78 is 19.8. The second kappa shape index (κ2) is 7.04. The van der Waals surface area contributed by atoms with Crippen molar-refractivity contribution in [2.45, 2.75) is 32.7 Å². The van der Waals surface area contributed by atoms with Gasteiger partial charge in [0.05, 0.1) is 4.47 Å². The van der Waals surface area contributed by atoms with Crippen molar-refractivity contribution in [3.63, 3.8) is 0 Å². The Morgan fingerprint density at radius 2 is 2.10 bits per heavy atom. The lowest BCUT2D eigenvalue weighted by molar-refractivity contribution is 0.464. The first kappa shape index (κ1) is 15.3. The maximum Gasteiger partial charge on any atom is 0.138 e. The number of rotatable bonds is 6. The van der Waals surface area contributed by atoms with Crippen molar-refractivity contribution < 1.29 is 8.81 Å². The van der Waals surface area contributed by atoms with Crippen molar-refractivity contribution in [3.8, 4) is 11.3 Å². The van der Waals surface area contributed by atoms with Gasteiger partial charge < -0.3 is 9.73 Å². The molecule has 1 N–H and O–H groups in total. The summed E-state index contributed by atoms with van der Waals surface area (Å²) in [6.45, 7) is 5.29. The first-order valence-corrected chi connectivity index (χ1v) is 7.67. The van der Waals surface area contributed by atoms with E-state index in [1.807, 2.05) is 18.2 Å². The average molecular weight is 340 g/mol. The fourth-order valence-electron chi connectivity index (χ4n) is 2.06. The lowest BCUT2D eigenvalue weighted by Gasteiger charge is -2.10. The van der Waals surface area contributed by atoms with Crippen LogP contribution in [0.5, 0.6) is 0 Å². The molecule has 4 heteroatoms. The summed E-state index contributed by atoms with van der Waals surface area (Å²) >= 11 is 3.15. The molecule has 1 unspecified atom stereocenters. The van der Waals surface area contributed by atoms with Crippen LogP contribution in [0.4, 0.5) is 4.39 Å². The quantitative estimate of drug-likeness (QED) is 0.819. The molecule has 20 heavy (non-hydrogen) atoms. The molecule has 2 nitrogen and oxygen atoms in total. The number of hydrogen-bond acceptors (Lipinski definition) is 2. The Bertz CT molecular complexity index is 567. The molecule has 0 aliphatic rings. The van der Waals surface area contributed by atoms with Crippen LogP contribution in [-0.4, -0.2) is 12.6 Å². The maximum absolute atomic E-state index is 13.5. The van der Waals surface area contributed by atoms with E-state index in [1.165, 1.54) is 6.07 Å². The first-order valence-electron chi connectivity index (χ1n) is 6.87. The monoisotopic (exact) mass is 339 g/mol. The molecular weight excluding hydrogens is 321 g/mol. The van der Waals surface area contributed by atoms with E-state index in [9.17, 15) is 4.39 Å². The van der Waals surface area contributed by atoms with Crippen LogP contribution in [0.2, 0.25) is 0 Å². The van der Waals surface area contributed by atoms with Crippen LogP contribution >= 0.6 is 15.9 Å². The normalized spacial score (nSPS) is 12.6. The highest BCUT2D eigenvalue weighted by Crippen LogP contribution is 2.26. The molecule has 2 rings (SSSR count). The Morgan fingerprint density at radius 3 is 2.80 bits per heavy atom. The van der Waals surface area contributed by atoms with Gasteiger partial charge in [0.2, 0.25) is 0 Å². The molecular formula is C16H19BrFNO. The summed E-state index contributed by atoms with van der Waals surface area (Å²) in [4.78, 5) is 0. The molecule has 108 valence electrons. The third-order valence-corrected chi connectivity index (χ3v) is 3.76. The largest absolute Gasteiger partial charge is 0.461 e. The van der Waals surface area contributed by atoms with Crippen LogP contribution in [0, 0.1) is 5.82 Å². The van der Waals surface area contributed by atoms with Crippen LogP contribution in [-0.2, 0) is 6.42 Å². The van der Waals surface area contributed by atoms with Gasteiger partial charge in [-0.25, -0.2) is 4.39 Å². The van der Waals surface area contributed by atoms with Crippen LogP contribution in [0.15, 0.2) is 39.2 Å². The van der Waals surface area contributed by atoms with E-state index in [1.54, 1.807) is 6.07 Å². The lowest BCUT2D eigenvalue weighted by Crippen LogP contribution is -2.28. The number of hydrogen-bond donors (Lipinski definition) is 1. The molecule has 1 aromatic heterocycles. The van der Waals surface area contributed by atoms with Crippen molar-refractivity contribution in [3.05, 3.63) is 46.4 Å². The molecule has 0 fully saturated rings. The van der Waals surface area contributed by atoms with Crippen LogP contribution < -0.4 is 5.32 Å². The van der Waals surface area contributed by atoms with Crippen molar-refractivity contribution in [1.29, 1.82) is 0 Å². The zero-order valence-electron chi connectivity index (χ0n) is 11.7. The minimum Gasteiger partial charge on any atom is -0.461 e. The SMILES string of the molecule is CCCNC(C)Cc1ccc(-c2ccc(Br)c(F)c2)o1. The van der Waals surface area contributed by atoms with Crippen LogP contribution in [0.1, 0.15) is 26.0 Å². The molecule has 0 radical (unpaired) electrons. The fourth-order valence-corrected chi connectivity index (χ4v) is 2.30. The van der Waals surface area contributed by atoms with Crippen molar-refractivity contribution >= 4 is 15.9 Å². The Balaban J connectivity index is 2.06. The molecule has 0 amide bonds. The van der Waals surface area contributed by atoms with E-state index >= 15 is 0 Å². The van der Waals surface area contributed by atoms with E-state index in [2.05, 4.69) is 35.1 Å². The summed E-state index contributed by atoms with van der Waals surface area (Å²) in [6, 6.07) is 9.23. The standard InChI is InChI=1S/C16H19BrFNO/c1-3-8-19-11(2)9-13-5-7-16(20-13)12-4-6-14(17)15(18)10-12/h4-7,10-11,19H,3,8-9H2,1-2H3. The summed E-state index contributed by atoms with van der Waals surface area (Å²) in [6.07, 6.45) is 1.95. The van der Waals surface area contributed by atoms with E-state index in [-0.39, 0.29) is 5.82 Å². The van der Waals surface area contributed by atoms with Gasteiger partial charge in [-0.2, -0.15) is 0 Å². The Morgan fingerprint density at radius 1 is 1.30 bits per heavy atom. The smallest absolute Gasteiger partial charge is 0.138 e. The summed E-state index contributed by atoms with van der Waals surface area (Å²) in [5.41, 5.74) is 0.756.